The number of carbonyl (C=O) groups excluding carboxylic acids is 1. The fourth-order valence-corrected chi connectivity index (χ4v) is 3.68. The van der Waals surface area contributed by atoms with Crippen molar-refractivity contribution in [3.05, 3.63) is 0 Å². The predicted octanol–water partition coefficient (Wildman–Crippen LogP) is 1.43. The first-order chi connectivity index (χ1) is 7.68. The quantitative estimate of drug-likeness (QED) is 0.732. The highest BCUT2D eigenvalue weighted by Crippen LogP contribution is 2.28. The van der Waals surface area contributed by atoms with Crippen LogP contribution in [0.15, 0.2) is 0 Å². The van der Waals surface area contributed by atoms with Gasteiger partial charge in [-0.3, -0.25) is 9.69 Å². The minimum Gasteiger partial charge on any atom is -0.339 e. The zero-order valence-corrected chi connectivity index (χ0v) is 11.1. The molecule has 0 bridgehead atoms. The number of hydrogen-bond acceptors (Lipinski definition) is 3. The van der Waals surface area contributed by atoms with Crippen LogP contribution in [-0.2, 0) is 4.79 Å². The van der Waals surface area contributed by atoms with Gasteiger partial charge in [-0.15, -0.1) is 11.8 Å². The summed E-state index contributed by atoms with van der Waals surface area (Å²) in [4.78, 5) is 16.7. The fourth-order valence-electron chi connectivity index (χ4n) is 2.43. The van der Waals surface area contributed by atoms with Gasteiger partial charge in [0, 0.05) is 32.2 Å². The first-order valence-corrected chi connectivity index (χ1v) is 7.38. The third-order valence-corrected chi connectivity index (χ3v) is 4.93. The maximum absolute atomic E-state index is 12.2. The highest BCUT2D eigenvalue weighted by atomic mass is 32.2. The Balaban J connectivity index is 1.81. The van der Waals surface area contributed by atoms with E-state index >= 15 is 0 Å². The molecule has 16 heavy (non-hydrogen) atoms. The number of piperazine rings is 1. The van der Waals surface area contributed by atoms with Crippen LogP contribution in [0.4, 0.5) is 0 Å². The summed E-state index contributed by atoms with van der Waals surface area (Å²) in [6.07, 6.45) is 2.31. The predicted molar refractivity (Wildman–Crippen MR) is 68.8 cm³/mol. The molecule has 2 heterocycles. The lowest BCUT2D eigenvalue weighted by atomic mass is 10.2. The van der Waals surface area contributed by atoms with Crippen molar-refractivity contribution in [2.75, 3.05) is 31.9 Å². The highest BCUT2D eigenvalue weighted by molar-refractivity contribution is 8.00. The van der Waals surface area contributed by atoms with Gasteiger partial charge < -0.3 is 4.90 Å². The van der Waals surface area contributed by atoms with E-state index in [1.807, 2.05) is 11.8 Å². The van der Waals surface area contributed by atoms with Gasteiger partial charge in [-0.05, 0) is 32.4 Å². The first-order valence-electron chi connectivity index (χ1n) is 6.33. The molecule has 0 aliphatic carbocycles. The van der Waals surface area contributed by atoms with E-state index in [1.54, 1.807) is 0 Å². The molecule has 0 aromatic rings. The molecule has 92 valence electrons. The minimum atomic E-state index is 0.269. The second-order valence-corrected chi connectivity index (χ2v) is 6.27. The number of hydrogen-bond donors (Lipinski definition) is 0. The van der Waals surface area contributed by atoms with E-state index in [0.29, 0.717) is 11.9 Å². The first kappa shape index (κ1) is 12.2. The Labute approximate surface area is 103 Å². The van der Waals surface area contributed by atoms with Crippen LogP contribution in [0.1, 0.15) is 26.7 Å². The zero-order valence-electron chi connectivity index (χ0n) is 10.3. The maximum atomic E-state index is 12.2. The van der Waals surface area contributed by atoms with E-state index in [-0.39, 0.29) is 5.25 Å². The van der Waals surface area contributed by atoms with Crippen LogP contribution in [0.25, 0.3) is 0 Å². The topological polar surface area (TPSA) is 23.6 Å². The Hall–Kier alpha value is -0.220. The summed E-state index contributed by atoms with van der Waals surface area (Å²) in [5.41, 5.74) is 0. The highest BCUT2D eigenvalue weighted by Gasteiger charge is 2.30. The molecule has 2 fully saturated rings. The molecule has 0 aromatic heterocycles. The maximum Gasteiger partial charge on any atom is 0.235 e. The SMILES string of the molecule is CC(C)N1CCN(C(=O)C2CCCS2)CC1. The number of carbonyl (C=O) groups is 1. The molecule has 1 atom stereocenters. The molecule has 0 radical (unpaired) electrons. The van der Waals surface area contributed by atoms with Crippen LogP contribution >= 0.6 is 11.8 Å². The van der Waals surface area contributed by atoms with Crippen molar-refractivity contribution >= 4 is 17.7 Å². The van der Waals surface area contributed by atoms with Gasteiger partial charge in [-0.2, -0.15) is 0 Å². The van der Waals surface area contributed by atoms with Crippen molar-refractivity contribution in [1.82, 2.24) is 9.80 Å². The lowest BCUT2D eigenvalue weighted by molar-refractivity contribution is -0.132. The van der Waals surface area contributed by atoms with E-state index < -0.39 is 0 Å². The second kappa shape index (κ2) is 5.41. The standard InChI is InChI=1S/C12H22N2OS/c1-10(2)13-5-7-14(8-6-13)12(15)11-4-3-9-16-11/h10-11H,3-9H2,1-2H3. The molecule has 1 unspecified atom stereocenters. The summed E-state index contributed by atoms with van der Waals surface area (Å²) in [5, 5.41) is 0.269. The van der Waals surface area contributed by atoms with Crippen LogP contribution in [0.3, 0.4) is 0 Å². The fraction of sp³-hybridized carbons (Fsp3) is 0.917. The van der Waals surface area contributed by atoms with Crippen molar-refractivity contribution in [3.63, 3.8) is 0 Å². The van der Waals surface area contributed by atoms with E-state index in [4.69, 9.17) is 0 Å². The summed E-state index contributed by atoms with van der Waals surface area (Å²) in [6, 6.07) is 0.609. The molecule has 2 saturated heterocycles. The van der Waals surface area contributed by atoms with Gasteiger partial charge in [0.2, 0.25) is 5.91 Å². The Bertz CT molecular complexity index is 243. The molecule has 0 aromatic carbocycles. The monoisotopic (exact) mass is 242 g/mol. The molecule has 2 aliphatic heterocycles. The van der Waals surface area contributed by atoms with Crippen molar-refractivity contribution in [2.24, 2.45) is 0 Å². The zero-order chi connectivity index (χ0) is 11.5. The van der Waals surface area contributed by atoms with E-state index in [2.05, 4.69) is 23.6 Å². The second-order valence-electron chi connectivity index (χ2n) is 4.96. The lowest BCUT2D eigenvalue weighted by Crippen LogP contribution is -2.52. The molecule has 4 heteroatoms. The number of nitrogens with zero attached hydrogens (tertiary/aromatic N) is 2. The van der Waals surface area contributed by atoms with Gasteiger partial charge in [-0.1, -0.05) is 0 Å². The lowest BCUT2D eigenvalue weighted by Gasteiger charge is -2.37. The van der Waals surface area contributed by atoms with Gasteiger partial charge in [0.15, 0.2) is 0 Å². The van der Waals surface area contributed by atoms with Crippen molar-refractivity contribution in [2.45, 2.75) is 38.0 Å². The van der Waals surface area contributed by atoms with Crippen LogP contribution in [-0.4, -0.2) is 58.9 Å². The van der Waals surface area contributed by atoms with Gasteiger partial charge in [0.25, 0.3) is 0 Å². The van der Waals surface area contributed by atoms with Crippen LogP contribution in [0.2, 0.25) is 0 Å². The van der Waals surface area contributed by atoms with Crippen LogP contribution in [0.5, 0.6) is 0 Å². The van der Waals surface area contributed by atoms with E-state index in [1.165, 1.54) is 12.2 Å². The average molecular weight is 242 g/mol. The van der Waals surface area contributed by atoms with Gasteiger partial charge >= 0.3 is 0 Å². The molecule has 0 spiro atoms. The summed E-state index contributed by atoms with van der Waals surface area (Å²) in [6.45, 7) is 8.39. The van der Waals surface area contributed by atoms with Gasteiger partial charge in [-0.25, -0.2) is 0 Å². The van der Waals surface area contributed by atoms with Crippen LogP contribution < -0.4 is 0 Å². The average Bonchev–Trinajstić information content (AvgIpc) is 2.81. The third-order valence-electron chi connectivity index (χ3n) is 3.56. The Morgan fingerprint density at radius 1 is 1.25 bits per heavy atom. The molecular weight excluding hydrogens is 220 g/mol. The Kier molecular flexibility index (Phi) is 4.14. The minimum absolute atomic E-state index is 0.269. The van der Waals surface area contributed by atoms with Crippen molar-refractivity contribution in [1.29, 1.82) is 0 Å². The summed E-state index contributed by atoms with van der Waals surface area (Å²) in [5.74, 6) is 1.56. The van der Waals surface area contributed by atoms with Gasteiger partial charge in [0.05, 0.1) is 5.25 Å². The number of amides is 1. The number of thioether (sulfide) groups is 1. The molecule has 0 N–H and O–H groups in total. The van der Waals surface area contributed by atoms with Gasteiger partial charge in [0.1, 0.15) is 0 Å². The molecular formula is C12H22N2OS. The normalized spacial score (nSPS) is 27.7. The Morgan fingerprint density at radius 2 is 1.94 bits per heavy atom. The summed E-state index contributed by atoms with van der Waals surface area (Å²) in [7, 11) is 0. The van der Waals surface area contributed by atoms with Crippen LogP contribution in [0, 0.1) is 0 Å². The van der Waals surface area contributed by atoms with E-state index in [9.17, 15) is 4.79 Å². The summed E-state index contributed by atoms with van der Waals surface area (Å²) >= 11 is 1.85. The molecule has 2 aliphatic rings. The Morgan fingerprint density at radius 3 is 2.44 bits per heavy atom. The smallest absolute Gasteiger partial charge is 0.235 e. The summed E-state index contributed by atoms with van der Waals surface area (Å²) < 4.78 is 0. The van der Waals surface area contributed by atoms with E-state index in [0.717, 1.165) is 32.6 Å². The largest absolute Gasteiger partial charge is 0.339 e. The molecule has 2 rings (SSSR count). The molecule has 1 amide bonds. The number of rotatable bonds is 2. The molecule has 3 nitrogen and oxygen atoms in total. The van der Waals surface area contributed by atoms with Crippen molar-refractivity contribution in [3.8, 4) is 0 Å². The third kappa shape index (κ3) is 2.72. The van der Waals surface area contributed by atoms with Crippen molar-refractivity contribution < 1.29 is 4.79 Å². The molecule has 0 saturated carbocycles.